The molecular weight excluding hydrogens is 721 g/mol. The van der Waals surface area contributed by atoms with Gasteiger partial charge < -0.3 is 63.8 Å². The molecule has 0 spiro atoms. The fourth-order valence-electron chi connectivity index (χ4n) is 2.83. The summed E-state index contributed by atoms with van der Waals surface area (Å²) < 4.78 is 108. The van der Waals surface area contributed by atoms with Crippen LogP contribution in [0.5, 0.6) is 0 Å². The topological polar surface area (TPSA) is 447 Å². The molecule has 40 heavy (non-hydrogen) atoms. The van der Waals surface area contributed by atoms with Gasteiger partial charge in [-0.1, -0.05) is 0 Å². The normalized spacial score (nSPS) is 30.4. The molecule has 0 amide bonds. The van der Waals surface area contributed by atoms with Gasteiger partial charge in [0.15, 0.2) is 0 Å². The van der Waals surface area contributed by atoms with E-state index in [1.807, 2.05) is 0 Å². The number of hydrogen-bond donors (Lipinski definition) is 13. The van der Waals surface area contributed by atoms with Crippen LogP contribution in [0.25, 0.3) is 0 Å². The van der Waals surface area contributed by atoms with Crippen LogP contribution in [-0.4, -0.2) is 100 Å². The summed E-state index contributed by atoms with van der Waals surface area (Å²) in [5, 5.41) is 10.5. The number of aliphatic hydroxyl groups excluding tert-OH is 1. The molecule has 0 aromatic carbocycles. The maximum Gasteiger partial charge on any atom is 0.481 e. The van der Waals surface area contributed by atoms with E-state index in [1.165, 1.54) is 0 Å². The summed E-state index contributed by atoms with van der Waals surface area (Å²) in [4.78, 5) is 109. The molecule has 1 saturated carbocycles. The third-order valence-electron chi connectivity index (χ3n) is 3.67. The minimum atomic E-state index is -6.43. The number of aliphatic hydroxyl groups is 1. The molecule has 1 fully saturated rings. The summed E-state index contributed by atoms with van der Waals surface area (Å²) in [5.41, 5.74) is 0. The Morgan fingerprint density at radius 1 is 0.350 bits per heavy atom. The van der Waals surface area contributed by atoms with Crippen molar-refractivity contribution in [2.75, 3.05) is 0 Å². The zero-order chi connectivity index (χ0) is 31.9. The van der Waals surface area contributed by atoms with Crippen molar-refractivity contribution in [3.8, 4) is 0 Å². The minimum absolute atomic E-state index is 3.13. The summed E-state index contributed by atoms with van der Waals surface area (Å²) in [5.74, 6) is 0. The van der Waals surface area contributed by atoms with Crippen LogP contribution in [-0.2, 0) is 63.2 Å². The van der Waals surface area contributed by atoms with Crippen LogP contribution < -0.4 is 0 Å². The highest BCUT2D eigenvalue weighted by Crippen LogP contribution is 2.63. The molecule has 1 aliphatic carbocycles. The third-order valence-corrected chi connectivity index (χ3v) is 9.60. The fraction of sp³-hybridized carbons (Fsp3) is 1.00. The first-order valence-electron chi connectivity index (χ1n) is 8.76. The molecule has 2 unspecified atom stereocenters. The van der Waals surface area contributed by atoms with E-state index >= 15 is 0 Å². The Kier molecular flexibility index (Phi) is 12.7. The SMILES string of the molecule is O=P(O)(O)O[C@@H]1[C@H](OP(=O)(O)OP(=O)(O)O)[C@H](OP(=O)(O)OP(=O)(O)O)[C@@H](OP(=O)(O)O)[C@H](O)[C@H]1OP(=O)(O)O. The highest BCUT2D eigenvalue weighted by atomic mass is 31.3. The molecule has 0 bridgehead atoms. The van der Waals surface area contributed by atoms with Crippen LogP contribution >= 0.6 is 54.8 Å². The van der Waals surface area contributed by atoms with Gasteiger partial charge in [-0.25, -0.2) is 32.0 Å². The fourth-order valence-corrected chi connectivity index (χ4v) is 8.07. The molecule has 27 nitrogen and oxygen atoms in total. The highest BCUT2D eigenvalue weighted by Gasteiger charge is 2.61. The Balaban J connectivity index is 3.98. The van der Waals surface area contributed by atoms with Gasteiger partial charge in [-0.15, -0.1) is 0 Å². The average Bonchev–Trinajstić information content (AvgIpc) is 2.57. The molecule has 0 aliphatic heterocycles. The predicted octanol–water partition coefficient (Wildman–Crippen LogP) is -3.02. The van der Waals surface area contributed by atoms with Gasteiger partial charge in [-0.3, -0.25) is 22.6 Å². The first-order valence-corrected chi connectivity index (χ1v) is 19.4. The van der Waals surface area contributed by atoms with Gasteiger partial charge in [0, 0.05) is 0 Å². The first kappa shape index (κ1) is 38.8. The van der Waals surface area contributed by atoms with Gasteiger partial charge in [0.05, 0.1) is 0 Å². The van der Waals surface area contributed by atoms with Crippen molar-refractivity contribution in [3.05, 3.63) is 0 Å². The minimum Gasteiger partial charge on any atom is -0.387 e. The number of phosphoric ester groups is 5. The average molecular weight is 740 g/mol. The molecule has 13 N–H and O–H groups in total. The maximum absolute atomic E-state index is 12.2. The van der Waals surface area contributed by atoms with E-state index in [4.69, 9.17) is 39.1 Å². The largest absolute Gasteiger partial charge is 0.481 e. The van der Waals surface area contributed by atoms with Gasteiger partial charge in [0.1, 0.15) is 36.6 Å². The molecule has 240 valence electrons. The van der Waals surface area contributed by atoms with Crippen LogP contribution in [0.1, 0.15) is 0 Å². The second-order valence-electron chi connectivity index (χ2n) is 6.89. The molecular formula is C6H19O27P7. The number of phosphoric acid groups is 7. The Hall–Kier alpha value is 0.810. The summed E-state index contributed by atoms with van der Waals surface area (Å²) in [7, 11) is -43.1. The predicted molar refractivity (Wildman–Crippen MR) is 112 cm³/mol. The molecule has 0 heterocycles. The van der Waals surface area contributed by atoms with Crippen molar-refractivity contribution < 1.29 is 127 Å². The van der Waals surface area contributed by atoms with Crippen molar-refractivity contribution in [2.24, 2.45) is 0 Å². The third kappa shape index (κ3) is 14.5. The molecule has 0 saturated heterocycles. The van der Waals surface area contributed by atoms with E-state index in [1.54, 1.807) is 0 Å². The Morgan fingerprint density at radius 3 is 0.825 bits per heavy atom. The lowest BCUT2D eigenvalue weighted by molar-refractivity contribution is -0.205. The highest BCUT2D eigenvalue weighted by molar-refractivity contribution is 7.61. The summed E-state index contributed by atoms with van der Waals surface area (Å²) in [6, 6.07) is 0. The van der Waals surface area contributed by atoms with E-state index in [-0.39, 0.29) is 0 Å². The molecule has 1 aliphatic rings. The van der Waals surface area contributed by atoms with E-state index in [0.29, 0.717) is 0 Å². The second kappa shape index (κ2) is 13.0. The quantitative estimate of drug-likeness (QED) is 0.0788. The van der Waals surface area contributed by atoms with Crippen LogP contribution in [0.3, 0.4) is 0 Å². The molecule has 1 rings (SSSR count). The van der Waals surface area contributed by atoms with Crippen LogP contribution in [0.4, 0.5) is 0 Å². The smallest absolute Gasteiger partial charge is 0.387 e. The molecule has 0 radical (unpaired) electrons. The van der Waals surface area contributed by atoms with Gasteiger partial charge >= 0.3 is 54.8 Å². The molecule has 8 atom stereocenters. The van der Waals surface area contributed by atoms with Gasteiger partial charge in [0.25, 0.3) is 0 Å². The Labute approximate surface area is 219 Å². The summed E-state index contributed by atoms with van der Waals surface area (Å²) in [6.07, 6.45) is -19.5. The van der Waals surface area contributed by atoms with Crippen molar-refractivity contribution in [3.63, 3.8) is 0 Å². The van der Waals surface area contributed by atoms with Gasteiger partial charge in [0.2, 0.25) is 0 Å². The lowest BCUT2D eigenvalue weighted by Gasteiger charge is -2.47. The van der Waals surface area contributed by atoms with Crippen molar-refractivity contribution in [1.29, 1.82) is 0 Å². The second-order valence-corrected chi connectivity index (χ2v) is 16.0. The molecule has 34 heteroatoms. The van der Waals surface area contributed by atoms with Crippen molar-refractivity contribution in [1.82, 2.24) is 0 Å². The van der Waals surface area contributed by atoms with Crippen LogP contribution in [0.2, 0.25) is 0 Å². The van der Waals surface area contributed by atoms with Crippen molar-refractivity contribution >= 4 is 54.8 Å². The van der Waals surface area contributed by atoms with E-state index < -0.39 is 91.4 Å². The monoisotopic (exact) mass is 740 g/mol. The lowest BCUT2D eigenvalue weighted by Crippen LogP contribution is -2.66. The van der Waals surface area contributed by atoms with Gasteiger partial charge in [-0.2, -0.15) is 8.62 Å². The van der Waals surface area contributed by atoms with E-state index in [9.17, 15) is 56.6 Å². The first-order chi connectivity index (χ1) is 17.3. The number of rotatable bonds is 14. The zero-order valence-electron chi connectivity index (χ0n) is 18.1. The summed E-state index contributed by atoms with van der Waals surface area (Å²) in [6.45, 7) is 0. The molecule has 0 aromatic rings. The molecule has 0 aromatic heterocycles. The standard InChI is InChI=1S/C6H19O27P7/c7-1-2(27-34(8,9)10)4(29-36(14,15)16)6(31-40(25,26)33-38(20,21)22)5(3(1)28-35(11,12)13)30-39(23,24)32-37(17,18)19/h1-7H,(H,23,24)(H,25,26)(H2,8,9,10)(H2,11,12,13)(H2,14,15,16)(H2,17,18,19)(H2,20,21,22)/t1-,2-,3+,4+,5-,6+/m1/s1. The summed E-state index contributed by atoms with van der Waals surface area (Å²) >= 11 is 0. The lowest BCUT2D eigenvalue weighted by atomic mass is 9.85. The zero-order valence-corrected chi connectivity index (χ0v) is 24.4. The Morgan fingerprint density at radius 2 is 0.575 bits per heavy atom. The maximum atomic E-state index is 12.2. The van der Waals surface area contributed by atoms with Crippen LogP contribution in [0, 0.1) is 0 Å². The van der Waals surface area contributed by atoms with E-state index in [2.05, 4.69) is 31.2 Å². The Bertz CT molecular complexity index is 1230. The number of hydrogen-bond acceptors (Lipinski definition) is 15. The van der Waals surface area contributed by atoms with Crippen molar-refractivity contribution in [2.45, 2.75) is 36.6 Å². The van der Waals surface area contributed by atoms with E-state index in [0.717, 1.165) is 0 Å². The van der Waals surface area contributed by atoms with Gasteiger partial charge in [-0.05, 0) is 0 Å². The van der Waals surface area contributed by atoms with Crippen LogP contribution in [0.15, 0.2) is 0 Å².